The van der Waals surface area contributed by atoms with Gasteiger partial charge in [0.15, 0.2) is 0 Å². The minimum Gasteiger partial charge on any atom is -0.481 e. The highest BCUT2D eigenvalue weighted by Crippen LogP contribution is 2.56. The lowest BCUT2D eigenvalue weighted by atomic mass is 9.58. The third-order valence-corrected chi connectivity index (χ3v) is 4.43. The Kier molecular flexibility index (Phi) is 2.26. The number of aliphatic hydroxyl groups is 1. The number of aliphatic hydroxyl groups excluding tert-OH is 1. The van der Waals surface area contributed by atoms with E-state index in [1.54, 1.807) is 0 Å². The Labute approximate surface area is 100 Å². The van der Waals surface area contributed by atoms with Gasteiger partial charge in [-0.15, -0.1) is 0 Å². The molecule has 1 aromatic carbocycles. The van der Waals surface area contributed by atoms with Crippen LogP contribution < -0.4 is 0 Å². The van der Waals surface area contributed by atoms with E-state index in [2.05, 4.69) is 6.07 Å². The lowest BCUT2D eigenvalue weighted by molar-refractivity contribution is -0.166. The molecule has 90 valence electrons. The zero-order chi connectivity index (χ0) is 12.0. The van der Waals surface area contributed by atoms with Crippen LogP contribution in [0, 0.1) is 5.41 Å². The summed E-state index contributed by atoms with van der Waals surface area (Å²) in [5.74, 6) is -0.663. The minimum absolute atomic E-state index is 0.0830. The summed E-state index contributed by atoms with van der Waals surface area (Å²) >= 11 is 0. The first-order chi connectivity index (χ1) is 8.13. The maximum Gasteiger partial charge on any atom is 0.310 e. The van der Waals surface area contributed by atoms with Crippen LogP contribution in [0.1, 0.15) is 36.3 Å². The number of carboxylic acids is 1. The highest BCUT2D eigenvalue weighted by Gasteiger charge is 2.56. The van der Waals surface area contributed by atoms with Crippen molar-refractivity contribution in [2.45, 2.75) is 37.7 Å². The van der Waals surface area contributed by atoms with Crippen LogP contribution in [0.25, 0.3) is 0 Å². The van der Waals surface area contributed by atoms with Crippen LogP contribution in [-0.4, -0.2) is 22.3 Å². The van der Waals surface area contributed by atoms with E-state index >= 15 is 0 Å². The first-order valence-electron chi connectivity index (χ1n) is 6.13. The Morgan fingerprint density at radius 2 is 2.00 bits per heavy atom. The second-order valence-electron chi connectivity index (χ2n) is 5.31. The molecule has 3 rings (SSSR count). The van der Waals surface area contributed by atoms with Crippen molar-refractivity contribution in [2.75, 3.05) is 0 Å². The van der Waals surface area contributed by atoms with Gasteiger partial charge >= 0.3 is 5.97 Å². The van der Waals surface area contributed by atoms with Crippen molar-refractivity contribution in [3.05, 3.63) is 35.4 Å². The molecular formula is C14H16O3. The van der Waals surface area contributed by atoms with Crippen LogP contribution in [0.5, 0.6) is 0 Å². The molecule has 3 nitrogen and oxygen atoms in total. The second-order valence-corrected chi connectivity index (χ2v) is 5.31. The van der Waals surface area contributed by atoms with Crippen LogP contribution in [0.3, 0.4) is 0 Å². The van der Waals surface area contributed by atoms with Crippen molar-refractivity contribution in [2.24, 2.45) is 5.41 Å². The molecule has 0 aromatic heterocycles. The average Bonchev–Trinajstić information content (AvgIpc) is 2.68. The van der Waals surface area contributed by atoms with Crippen molar-refractivity contribution in [1.82, 2.24) is 0 Å². The third-order valence-electron chi connectivity index (χ3n) is 4.43. The number of hydrogen-bond acceptors (Lipinski definition) is 2. The summed E-state index contributed by atoms with van der Waals surface area (Å²) < 4.78 is 0. The Balaban J connectivity index is 1.98. The highest BCUT2D eigenvalue weighted by atomic mass is 16.4. The molecule has 0 spiro atoms. The SMILES string of the molecule is O=C(O)C1(C2CCc3ccccc32)CC(O)C1. The lowest BCUT2D eigenvalue weighted by Gasteiger charge is -2.46. The second kappa shape index (κ2) is 3.57. The molecular weight excluding hydrogens is 216 g/mol. The summed E-state index contributed by atoms with van der Waals surface area (Å²) in [6.45, 7) is 0. The fourth-order valence-corrected chi connectivity index (χ4v) is 3.52. The van der Waals surface area contributed by atoms with E-state index in [4.69, 9.17) is 0 Å². The van der Waals surface area contributed by atoms with E-state index < -0.39 is 17.5 Å². The number of rotatable bonds is 2. The van der Waals surface area contributed by atoms with E-state index in [-0.39, 0.29) is 5.92 Å². The van der Waals surface area contributed by atoms with Gasteiger partial charge in [0, 0.05) is 5.92 Å². The minimum atomic E-state index is -0.746. The van der Waals surface area contributed by atoms with Crippen LogP contribution in [-0.2, 0) is 11.2 Å². The number of fused-ring (bicyclic) bond motifs is 1. The molecule has 1 fully saturated rings. The zero-order valence-corrected chi connectivity index (χ0v) is 9.60. The molecule has 2 aliphatic rings. The molecule has 1 saturated carbocycles. The fraction of sp³-hybridized carbons (Fsp3) is 0.500. The van der Waals surface area contributed by atoms with Crippen molar-refractivity contribution < 1.29 is 15.0 Å². The van der Waals surface area contributed by atoms with Gasteiger partial charge in [-0.3, -0.25) is 4.79 Å². The smallest absolute Gasteiger partial charge is 0.310 e. The number of benzene rings is 1. The van der Waals surface area contributed by atoms with Crippen LogP contribution >= 0.6 is 0 Å². The summed E-state index contributed by atoms with van der Waals surface area (Å²) in [6.07, 6.45) is 2.24. The largest absolute Gasteiger partial charge is 0.481 e. The van der Waals surface area contributed by atoms with Gasteiger partial charge in [-0.25, -0.2) is 0 Å². The van der Waals surface area contributed by atoms with Gasteiger partial charge in [-0.05, 0) is 36.8 Å². The Morgan fingerprint density at radius 3 is 2.65 bits per heavy atom. The first kappa shape index (κ1) is 10.8. The first-order valence-corrected chi connectivity index (χ1v) is 6.13. The zero-order valence-electron chi connectivity index (χ0n) is 9.60. The molecule has 1 unspecified atom stereocenters. The van der Waals surface area contributed by atoms with E-state index in [0.717, 1.165) is 12.8 Å². The summed E-state index contributed by atoms with van der Waals surface area (Å²) in [5, 5.41) is 19.0. The van der Waals surface area contributed by atoms with Gasteiger partial charge in [0.05, 0.1) is 11.5 Å². The van der Waals surface area contributed by atoms with Gasteiger partial charge in [0.25, 0.3) is 0 Å². The van der Waals surface area contributed by atoms with Crippen LogP contribution in [0.15, 0.2) is 24.3 Å². The van der Waals surface area contributed by atoms with Crippen molar-refractivity contribution in [1.29, 1.82) is 0 Å². The molecule has 0 radical (unpaired) electrons. The number of hydrogen-bond donors (Lipinski definition) is 2. The Morgan fingerprint density at radius 1 is 1.29 bits per heavy atom. The van der Waals surface area contributed by atoms with E-state index in [1.807, 2.05) is 18.2 Å². The molecule has 1 aromatic rings. The van der Waals surface area contributed by atoms with Crippen molar-refractivity contribution in [3.63, 3.8) is 0 Å². The maximum atomic E-state index is 11.5. The predicted molar refractivity (Wildman–Crippen MR) is 62.8 cm³/mol. The maximum absolute atomic E-state index is 11.5. The molecule has 0 saturated heterocycles. The summed E-state index contributed by atoms with van der Waals surface area (Å²) in [4.78, 5) is 11.5. The Bertz CT molecular complexity index is 460. The Hall–Kier alpha value is -1.35. The van der Waals surface area contributed by atoms with Crippen molar-refractivity contribution in [3.8, 4) is 0 Å². The third kappa shape index (κ3) is 1.42. The number of carboxylic acid groups (broad SMARTS) is 1. The van der Waals surface area contributed by atoms with E-state index in [1.165, 1.54) is 11.1 Å². The molecule has 0 aliphatic heterocycles. The lowest BCUT2D eigenvalue weighted by Crippen LogP contribution is -2.50. The molecule has 1 atom stereocenters. The quantitative estimate of drug-likeness (QED) is 0.819. The highest BCUT2D eigenvalue weighted by molar-refractivity contribution is 5.78. The van der Waals surface area contributed by atoms with Gasteiger partial charge < -0.3 is 10.2 Å². The molecule has 0 amide bonds. The summed E-state index contributed by atoms with van der Waals surface area (Å²) in [7, 11) is 0. The topological polar surface area (TPSA) is 57.5 Å². The standard InChI is InChI=1S/C14H16O3/c15-10-7-14(8-10,13(16)17)12-6-5-9-3-1-2-4-11(9)12/h1-4,10,12,15H,5-8H2,(H,16,17). The molecule has 2 aliphatic carbocycles. The number of carbonyl (C=O) groups is 1. The molecule has 0 bridgehead atoms. The van der Waals surface area contributed by atoms with Gasteiger partial charge in [0.1, 0.15) is 0 Å². The summed E-state index contributed by atoms with van der Waals surface area (Å²) in [6, 6.07) is 8.11. The molecule has 17 heavy (non-hydrogen) atoms. The van der Waals surface area contributed by atoms with E-state index in [0.29, 0.717) is 12.8 Å². The van der Waals surface area contributed by atoms with Gasteiger partial charge in [-0.2, -0.15) is 0 Å². The number of aliphatic carboxylic acids is 1. The monoisotopic (exact) mass is 232 g/mol. The predicted octanol–water partition coefficient (Wildman–Crippen LogP) is 1.94. The molecule has 2 N–H and O–H groups in total. The van der Waals surface area contributed by atoms with E-state index in [9.17, 15) is 15.0 Å². The fourth-order valence-electron chi connectivity index (χ4n) is 3.52. The van der Waals surface area contributed by atoms with Crippen LogP contribution in [0.2, 0.25) is 0 Å². The molecule has 0 heterocycles. The number of aryl methyl sites for hydroxylation is 1. The van der Waals surface area contributed by atoms with Gasteiger partial charge in [-0.1, -0.05) is 24.3 Å². The summed E-state index contributed by atoms with van der Waals surface area (Å²) in [5.41, 5.74) is 1.74. The average molecular weight is 232 g/mol. The molecule has 3 heteroatoms. The van der Waals surface area contributed by atoms with Crippen LogP contribution in [0.4, 0.5) is 0 Å². The van der Waals surface area contributed by atoms with Gasteiger partial charge in [0.2, 0.25) is 0 Å². The normalized spacial score (nSPS) is 35.1. The van der Waals surface area contributed by atoms with Crippen molar-refractivity contribution >= 4 is 5.97 Å².